The third kappa shape index (κ3) is 7.54. The van der Waals surface area contributed by atoms with Gasteiger partial charge in [-0.3, -0.25) is 9.59 Å². The second-order valence-corrected chi connectivity index (χ2v) is 4.08. The van der Waals surface area contributed by atoms with Crippen molar-refractivity contribution in [1.29, 1.82) is 0 Å². The number of nitrogens with zero attached hydrogens (tertiary/aromatic N) is 2. The molecular weight excluding hydrogens is 232 g/mol. The van der Waals surface area contributed by atoms with Crippen LogP contribution in [0.2, 0.25) is 0 Å². The first-order valence-electron chi connectivity index (χ1n) is 6.17. The number of nitrogens with one attached hydrogen (secondary N) is 2. The summed E-state index contributed by atoms with van der Waals surface area (Å²) in [4.78, 5) is 22.6. The van der Waals surface area contributed by atoms with Crippen LogP contribution >= 0.6 is 0 Å². The van der Waals surface area contributed by atoms with E-state index in [4.69, 9.17) is 0 Å². The lowest BCUT2D eigenvalue weighted by molar-refractivity contribution is -0.139. The molecule has 0 unspecified atom stereocenters. The van der Waals surface area contributed by atoms with Crippen LogP contribution in [0.4, 0.5) is 0 Å². The SMILES string of the molecule is CCCC(C)=NNC(=O)C(=O)NN=C(C)CCC. The van der Waals surface area contributed by atoms with Crippen molar-refractivity contribution in [3.8, 4) is 0 Å². The molecule has 0 spiro atoms. The van der Waals surface area contributed by atoms with Gasteiger partial charge in [0.1, 0.15) is 0 Å². The maximum atomic E-state index is 11.3. The summed E-state index contributed by atoms with van der Waals surface area (Å²) in [6.07, 6.45) is 3.46. The minimum Gasteiger partial charge on any atom is -0.262 e. The summed E-state index contributed by atoms with van der Waals surface area (Å²) < 4.78 is 0. The van der Waals surface area contributed by atoms with Gasteiger partial charge in [0.05, 0.1) is 0 Å². The van der Waals surface area contributed by atoms with Gasteiger partial charge in [-0.2, -0.15) is 10.2 Å². The van der Waals surface area contributed by atoms with E-state index in [1.807, 2.05) is 13.8 Å². The summed E-state index contributed by atoms with van der Waals surface area (Å²) in [6, 6.07) is 0. The van der Waals surface area contributed by atoms with E-state index >= 15 is 0 Å². The fourth-order valence-corrected chi connectivity index (χ4v) is 1.23. The Morgan fingerprint density at radius 3 is 1.44 bits per heavy atom. The molecular formula is C12H22N4O2. The first-order valence-corrected chi connectivity index (χ1v) is 6.17. The first-order chi connectivity index (χ1) is 8.51. The van der Waals surface area contributed by atoms with Crippen molar-refractivity contribution in [2.24, 2.45) is 10.2 Å². The molecule has 0 aliphatic carbocycles. The molecule has 0 aromatic rings. The molecule has 0 saturated carbocycles. The number of carbonyl (C=O) groups excluding carboxylic acids is 2. The first kappa shape index (κ1) is 16.3. The Morgan fingerprint density at radius 2 is 1.17 bits per heavy atom. The lowest BCUT2D eigenvalue weighted by Gasteiger charge is -2.01. The lowest BCUT2D eigenvalue weighted by atomic mass is 10.2. The molecule has 2 N–H and O–H groups in total. The molecule has 0 aromatic carbocycles. The third-order valence-electron chi connectivity index (χ3n) is 2.13. The summed E-state index contributed by atoms with van der Waals surface area (Å²) in [5.41, 5.74) is 5.94. The number of amides is 2. The van der Waals surface area contributed by atoms with Crippen molar-refractivity contribution in [1.82, 2.24) is 10.9 Å². The number of hydrogen-bond donors (Lipinski definition) is 2. The second kappa shape index (κ2) is 9.32. The largest absolute Gasteiger partial charge is 0.331 e. The highest BCUT2D eigenvalue weighted by Gasteiger charge is 2.11. The van der Waals surface area contributed by atoms with Gasteiger partial charge in [-0.1, -0.05) is 26.7 Å². The van der Waals surface area contributed by atoms with Crippen LogP contribution in [0, 0.1) is 0 Å². The molecule has 0 aliphatic heterocycles. The van der Waals surface area contributed by atoms with Crippen LogP contribution in [0.25, 0.3) is 0 Å². The fourth-order valence-electron chi connectivity index (χ4n) is 1.23. The highest BCUT2D eigenvalue weighted by molar-refractivity contribution is 6.35. The zero-order valence-corrected chi connectivity index (χ0v) is 11.5. The summed E-state index contributed by atoms with van der Waals surface area (Å²) in [7, 11) is 0. The van der Waals surface area contributed by atoms with Gasteiger partial charge in [-0.25, -0.2) is 10.9 Å². The normalized spacial score (nSPS) is 12.2. The van der Waals surface area contributed by atoms with Gasteiger partial charge in [0.2, 0.25) is 0 Å². The predicted molar refractivity (Wildman–Crippen MR) is 72.3 cm³/mol. The van der Waals surface area contributed by atoms with E-state index in [1.54, 1.807) is 13.8 Å². The standard InChI is InChI=1S/C12H22N4O2/c1-5-7-9(3)13-15-11(17)12(18)16-14-10(4)8-6-2/h5-8H2,1-4H3,(H,15,17)(H,16,18). The van der Waals surface area contributed by atoms with Crippen LogP contribution in [0.5, 0.6) is 0 Å². The Bertz CT molecular complexity index is 314. The molecule has 0 fully saturated rings. The van der Waals surface area contributed by atoms with E-state index in [0.29, 0.717) is 0 Å². The molecule has 0 bridgehead atoms. The van der Waals surface area contributed by atoms with Gasteiger partial charge in [-0.15, -0.1) is 0 Å². The van der Waals surface area contributed by atoms with Crippen LogP contribution in [-0.4, -0.2) is 23.2 Å². The summed E-state index contributed by atoms with van der Waals surface area (Å²) in [6.45, 7) is 7.62. The zero-order chi connectivity index (χ0) is 14.0. The molecule has 0 radical (unpaired) electrons. The van der Waals surface area contributed by atoms with E-state index in [1.165, 1.54) is 0 Å². The third-order valence-corrected chi connectivity index (χ3v) is 2.13. The van der Waals surface area contributed by atoms with E-state index < -0.39 is 11.8 Å². The average molecular weight is 254 g/mol. The minimum atomic E-state index is -0.807. The summed E-state index contributed by atoms with van der Waals surface area (Å²) in [5, 5.41) is 7.61. The molecule has 6 nitrogen and oxygen atoms in total. The maximum absolute atomic E-state index is 11.3. The van der Waals surface area contributed by atoms with Crippen LogP contribution in [-0.2, 0) is 9.59 Å². The molecule has 0 saturated heterocycles. The topological polar surface area (TPSA) is 82.9 Å². The molecule has 2 amide bonds. The van der Waals surface area contributed by atoms with Crippen molar-refractivity contribution < 1.29 is 9.59 Å². The molecule has 0 heterocycles. The molecule has 0 aromatic heterocycles. The number of hydrogen-bond acceptors (Lipinski definition) is 4. The Labute approximate surface area is 108 Å². The van der Waals surface area contributed by atoms with Crippen molar-refractivity contribution in [2.75, 3.05) is 0 Å². The molecule has 0 atom stereocenters. The van der Waals surface area contributed by atoms with E-state index in [9.17, 15) is 9.59 Å². The van der Waals surface area contributed by atoms with Crippen molar-refractivity contribution in [2.45, 2.75) is 53.4 Å². The molecule has 102 valence electrons. The Hall–Kier alpha value is -1.72. The van der Waals surface area contributed by atoms with E-state index in [-0.39, 0.29) is 0 Å². The number of carbonyl (C=O) groups is 2. The van der Waals surface area contributed by atoms with Crippen LogP contribution in [0.1, 0.15) is 53.4 Å². The van der Waals surface area contributed by atoms with Gasteiger partial charge < -0.3 is 0 Å². The smallest absolute Gasteiger partial charge is 0.262 e. The van der Waals surface area contributed by atoms with Gasteiger partial charge >= 0.3 is 11.8 Å². The van der Waals surface area contributed by atoms with Crippen molar-refractivity contribution in [3.05, 3.63) is 0 Å². The fraction of sp³-hybridized carbons (Fsp3) is 0.667. The zero-order valence-electron chi connectivity index (χ0n) is 11.5. The number of hydrazone groups is 2. The Balaban J connectivity index is 4.16. The van der Waals surface area contributed by atoms with Gasteiger partial charge in [-0.05, 0) is 26.7 Å². The molecule has 0 rings (SSSR count). The van der Waals surface area contributed by atoms with Gasteiger partial charge in [0.25, 0.3) is 0 Å². The molecule has 0 aliphatic rings. The van der Waals surface area contributed by atoms with Crippen molar-refractivity contribution >= 4 is 23.2 Å². The number of rotatable bonds is 6. The second-order valence-electron chi connectivity index (χ2n) is 4.08. The lowest BCUT2D eigenvalue weighted by Crippen LogP contribution is -2.36. The van der Waals surface area contributed by atoms with Gasteiger partial charge in [0, 0.05) is 11.4 Å². The monoisotopic (exact) mass is 254 g/mol. The Kier molecular flexibility index (Phi) is 8.43. The van der Waals surface area contributed by atoms with Crippen LogP contribution < -0.4 is 10.9 Å². The quantitative estimate of drug-likeness (QED) is 0.428. The van der Waals surface area contributed by atoms with Gasteiger partial charge in [0.15, 0.2) is 0 Å². The van der Waals surface area contributed by atoms with Crippen molar-refractivity contribution in [3.63, 3.8) is 0 Å². The summed E-state index contributed by atoms with van der Waals surface area (Å²) in [5.74, 6) is -1.61. The maximum Gasteiger partial charge on any atom is 0.331 e. The van der Waals surface area contributed by atoms with Crippen LogP contribution in [0.15, 0.2) is 10.2 Å². The average Bonchev–Trinajstić information content (AvgIpc) is 2.33. The molecule has 18 heavy (non-hydrogen) atoms. The highest BCUT2D eigenvalue weighted by Crippen LogP contribution is 1.90. The summed E-state index contributed by atoms with van der Waals surface area (Å²) >= 11 is 0. The highest BCUT2D eigenvalue weighted by atomic mass is 16.2. The predicted octanol–water partition coefficient (Wildman–Crippen LogP) is 1.57. The minimum absolute atomic E-state index is 0.782. The van der Waals surface area contributed by atoms with E-state index in [2.05, 4.69) is 21.1 Å². The molecule has 6 heteroatoms. The Morgan fingerprint density at radius 1 is 0.833 bits per heavy atom. The van der Waals surface area contributed by atoms with Crippen LogP contribution in [0.3, 0.4) is 0 Å². The van der Waals surface area contributed by atoms with E-state index in [0.717, 1.165) is 37.1 Å².